The molecule has 9 heteroatoms. The van der Waals surface area contributed by atoms with Crippen molar-refractivity contribution in [2.45, 2.75) is 25.9 Å². The smallest absolute Gasteiger partial charge is 0.339 e. The van der Waals surface area contributed by atoms with E-state index in [-0.39, 0.29) is 24.8 Å². The summed E-state index contributed by atoms with van der Waals surface area (Å²) in [5.41, 5.74) is 1.34. The Morgan fingerprint density at radius 3 is 2.50 bits per heavy atom. The zero-order chi connectivity index (χ0) is 25.2. The van der Waals surface area contributed by atoms with Gasteiger partial charge in [-0.3, -0.25) is 9.59 Å². The summed E-state index contributed by atoms with van der Waals surface area (Å²) in [5.74, 6) is 1.61. The van der Waals surface area contributed by atoms with Crippen molar-refractivity contribution < 1.29 is 28.2 Å². The molecule has 36 heavy (non-hydrogen) atoms. The molecule has 2 aromatic carbocycles. The van der Waals surface area contributed by atoms with Crippen molar-refractivity contribution in [3.63, 3.8) is 0 Å². The van der Waals surface area contributed by atoms with Gasteiger partial charge in [-0.1, -0.05) is 12.1 Å². The quantitative estimate of drug-likeness (QED) is 0.505. The molecule has 1 aromatic heterocycles. The zero-order valence-electron chi connectivity index (χ0n) is 20.3. The Kier molecular flexibility index (Phi) is 6.54. The van der Waals surface area contributed by atoms with Crippen LogP contribution in [-0.2, 0) is 16.0 Å². The number of hydrogen-bond acceptors (Lipinski definition) is 7. The second-order valence-electron chi connectivity index (χ2n) is 8.93. The molecule has 0 radical (unpaired) electrons. The van der Waals surface area contributed by atoms with Gasteiger partial charge in [-0.15, -0.1) is 0 Å². The van der Waals surface area contributed by atoms with Crippen LogP contribution in [0.4, 0.5) is 0 Å². The molecule has 0 unspecified atom stereocenters. The van der Waals surface area contributed by atoms with E-state index < -0.39 is 11.7 Å². The molecule has 188 valence electrons. The minimum absolute atomic E-state index is 0.0538. The number of fused-ring (bicyclic) bond motifs is 2. The van der Waals surface area contributed by atoms with Gasteiger partial charge in [-0.2, -0.15) is 0 Å². The van der Waals surface area contributed by atoms with Gasteiger partial charge in [0.2, 0.25) is 12.0 Å². The summed E-state index contributed by atoms with van der Waals surface area (Å²) in [6.07, 6.45) is -0.213. The van der Waals surface area contributed by atoms with E-state index in [4.69, 9.17) is 18.6 Å². The largest absolute Gasteiger partial charge is 0.497 e. The predicted molar refractivity (Wildman–Crippen MR) is 132 cm³/mol. The van der Waals surface area contributed by atoms with Gasteiger partial charge < -0.3 is 28.4 Å². The van der Waals surface area contributed by atoms with Crippen LogP contribution in [0.25, 0.3) is 11.0 Å². The maximum atomic E-state index is 12.9. The molecule has 3 heterocycles. The normalized spacial score (nSPS) is 17.2. The van der Waals surface area contributed by atoms with E-state index in [2.05, 4.69) is 0 Å². The fourth-order valence-corrected chi connectivity index (χ4v) is 4.70. The first-order valence-corrected chi connectivity index (χ1v) is 12.0. The summed E-state index contributed by atoms with van der Waals surface area (Å²) in [4.78, 5) is 41.9. The molecule has 1 saturated heterocycles. The Balaban J connectivity index is 1.16. The number of carbonyl (C=O) groups is 2. The Hall–Kier alpha value is -4.01. The number of ether oxygens (including phenoxy) is 3. The van der Waals surface area contributed by atoms with Gasteiger partial charge in [0.15, 0.2) is 11.5 Å². The monoisotopic (exact) mass is 492 g/mol. The summed E-state index contributed by atoms with van der Waals surface area (Å²) in [6.45, 7) is 3.73. The van der Waals surface area contributed by atoms with Crippen LogP contribution in [0.1, 0.15) is 17.5 Å². The van der Waals surface area contributed by atoms with Crippen LogP contribution in [0.5, 0.6) is 17.2 Å². The molecular weight excluding hydrogens is 464 g/mol. The first-order valence-electron chi connectivity index (χ1n) is 12.0. The molecule has 0 N–H and O–H groups in total. The fourth-order valence-electron chi connectivity index (χ4n) is 4.70. The molecule has 2 aliphatic heterocycles. The van der Waals surface area contributed by atoms with Crippen molar-refractivity contribution in [1.82, 2.24) is 9.80 Å². The first kappa shape index (κ1) is 23.7. The molecule has 1 fully saturated rings. The van der Waals surface area contributed by atoms with Crippen LogP contribution in [0, 0.1) is 6.92 Å². The third-order valence-electron chi connectivity index (χ3n) is 6.81. The Morgan fingerprint density at radius 1 is 1.03 bits per heavy atom. The number of rotatable bonds is 5. The molecule has 0 bridgehead atoms. The second kappa shape index (κ2) is 9.93. The number of piperazine rings is 1. The second-order valence-corrected chi connectivity index (χ2v) is 8.93. The lowest BCUT2D eigenvalue weighted by atomic mass is 10.0. The average Bonchev–Trinajstić information content (AvgIpc) is 2.91. The summed E-state index contributed by atoms with van der Waals surface area (Å²) in [7, 11) is 1.55. The number of methoxy groups -OCH3 is 1. The minimum atomic E-state index is -0.697. The third-order valence-corrected chi connectivity index (χ3v) is 6.81. The fraction of sp³-hybridized carbons (Fsp3) is 0.370. The molecule has 0 spiro atoms. The maximum Gasteiger partial charge on any atom is 0.339 e. The van der Waals surface area contributed by atoms with Gasteiger partial charge in [-0.25, -0.2) is 4.79 Å². The highest BCUT2D eigenvalue weighted by molar-refractivity contribution is 5.84. The van der Waals surface area contributed by atoms with Gasteiger partial charge >= 0.3 is 5.63 Å². The molecule has 2 aliphatic rings. The predicted octanol–water partition coefficient (Wildman–Crippen LogP) is 2.55. The first-order chi connectivity index (χ1) is 17.4. The Labute approximate surface area is 208 Å². The van der Waals surface area contributed by atoms with Crippen LogP contribution in [-0.4, -0.2) is 67.6 Å². The minimum Gasteiger partial charge on any atom is -0.497 e. The number of para-hydroxylation sites is 2. The van der Waals surface area contributed by atoms with E-state index in [1.54, 1.807) is 35.1 Å². The molecule has 0 saturated carbocycles. The van der Waals surface area contributed by atoms with Gasteiger partial charge in [0.25, 0.3) is 5.91 Å². The van der Waals surface area contributed by atoms with E-state index in [0.29, 0.717) is 61.0 Å². The highest BCUT2D eigenvalue weighted by Gasteiger charge is 2.33. The number of carbonyl (C=O) groups excluding carboxylic acids is 2. The number of amides is 2. The van der Waals surface area contributed by atoms with Crippen LogP contribution in [0.15, 0.2) is 51.7 Å². The van der Waals surface area contributed by atoms with Crippen molar-refractivity contribution >= 4 is 22.8 Å². The lowest BCUT2D eigenvalue weighted by Crippen LogP contribution is -2.55. The van der Waals surface area contributed by atoms with Gasteiger partial charge in [0.1, 0.15) is 17.9 Å². The van der Waals surface area contributed by atoms with Gasteiger partial charge in [0, 0.05) is 49.6 Å². The average molecular weight is 493 g/mol. The van der Waals surface area contributed by atoms with Crippen LogP contribution >= 0.6 is 0 Å². The van der Waals surface area contributed by atoms with E-state index in [9.17, 15) is 14.4 Å². The lowest BCUT2D eigenvalue weighted by molar-refractivity contribution is -0.146. The van der Waals surface area contributed by atoms with Gasteiger partial charge in [0.05, 0.1) is 7.11 Å². The van der Waals surface area contributed by atoms with E-state index in [0.717, 1.165) is 10.9 Å². The van der Waals surface area contributed by atoms with Crippen molar-refractivity contribution in [3.05, 3.63) is 64.0 Å². The number of nitrogens with zero attached hydrogens (tertiary/aromatic N) is 2. The molecule has 2 amide bonds. The summed E-state index contributed by atoms with van der Waals surface area (Å²) >= 11 is 0. The van der Waals surface area contributed by atoms with Crippen LogP contribution in [0.2, 0.25) is 0 Å². The Bertz CT molecular complexity index is 1360. The molecular formula is C27H28N2O7. The highest BCUT2D eigenvalue weighted by atomic mass is 16.6. The summed E-state index contributed by atoms with van der Waals surface area (Å²) < 4.78 is 22.2. The van der Waals surface area contributed by atoms with Crippen molar-refractivity contribution in [2.24, 2.45) is 0 Å². The van der Waals surface area contributed by atoms with Crippen molar-refractivity contribution in [3.8, 4) is 17.2 Å². The van der Waals surface area contributed by atoms with E-state index >= 15 is 0 Å². The molecule has 3 aromatic rings. The number of hydrogen-bond donors (Lipinski definition) is 0. The van der Waals surface area contributed by atoms with Crippen LogP contribution in [0.3, 0.4) is 0 Å². The molecule has 1 atom stereocenters. The number of benzene rings is 2. The lowest BCUT2D eigenvalue weighted by Gasteiger charge is -2.37. The van der Waals surface area contributed by atoms with Crippen LogP contribution < -0.4 is 19.8 Å². The molecule has 9 nitrogen and oxygen atoms in total. The molecule has 0 aliphatic carbocycles. The van der Waals surface area contributed by atoms with E-state index in [1.165, 1.54) is 0 Å². The van der Waals surface area contributed by atoms with Gasteiger partial charge in [-0.05, 0) is 43.2 Å². The maximum absolute atomic E-state index is 12.9. The summed E-state index contributed by atoms with van der Waals surface area (Å²) in [6, 6.07) is 12.6. The van der Waals surface area contributed by atoms with Crippen molar-refractivity contribution in [1.29, 1.82) is 0 Å². The SMILES string of the molecule is COc1ccc2c(C)c(CCC(=O)N3CCN(C(=O)[C@H]4COc5ccccc5O4)CC3)c(=O)oc2c1. The van der Waals surface area contributed by atoms with Crippen molar-refractivity contribution in [2.75, 3.05) is 39.9 Å². The van der Waals surface area contributed by atoms with E-state index in [1.807, 2.05) is 31.2 Å². The summed E-state index contributed by atoms with van der Waals surface area (Å²) in [5, 5.41) is 0.821. The standard InChI is InChI=1S/C27H28N2O7/c1-17-19-8-7-18(33-2)15-23(19)36-27(32)20(17)9-10-25(30)28-11-13-29(14-12-28)26(31)24-16-34-21-5-3-4-6-22(21)35-24/h3-8,15,24H,9-14,16H2,1-2H3/t24-/m1/s1. The zero-order valence-corrected chi connectivity index (χ0v) is 20.3. The highest BCUT2D eigenvalue weighted by Crippen LogP contribution is 2.31. The Morgan fingerprint density at radius 2 is 1.75 bits per heavy atom. The third kappa shape index (κ3) is 4.60. The topological polar surface area (TPSA) is 98.5 Å². The molecule has 5 rings (SSSR count). The number of aryl methyl sites for hydroxylation is 1.